The molecule has 0 aliphatic heterocycles. The van der Waals surface area contributed by atoms with Gasteiger partial charge in [0.25, 0.3) is 0 Å². The molecule has 0 aromatic heterocycles. The van der Waals surface area contributed by atoms with Gasteiger partial charge in [-0.1, -0.05) is 0 Å². The molecule has 60 valence electrons. The first-order valence-electron chi connectivity index (χ1n) is 0. The second-order valence-electron chi connectivity index (χ2n) is 0. The van der Waals surface area contributed by atoms with Crippen molar-refractivity contribution < 1.29 is 41.2 Å². The minimum absolute atomic E-state index is 0. The van der Waals surface area contributed by atoms with Crippen LogP contribution in [0.5, 0.6) is 0 Å². The molecule has 0 aromatic rings. The van der Waals surface area contributed by atoms with Gasteiger partial charge in [-0.25, -0.2) is 0 Å². The van der Waals surface area contributed by atoms with E-state index in [4.69, 9.17) is 0 Å². The second kappa shape index (κ2) is 405. The van der Waals surface area contributed by atoms with Crippen molar-refractivity contribution in [2.24, 2.45) is 0 Å². The van der Waals surface area contributed by atoms with Crippen LogP contribution in [0, 0.1) is 0 Å². The van der Waals surface area contributed by atoms with Crippen LogP contribution in [0.3, 0.4) is 0 Å². The summed E-state index contributed by atoms with van der Waals surface area (Å²) in [6, 6.07) is 0. The molecule has 0 aromatic carbocycles. The van der Waals surface area contributed by atoms with Gasteiger partial charge in [-0.05, 0) is 0 Å². The maximum atomic E-state index is 0. The van der Waals surface area contributed by atoms with Crippen molar-refractivity contribution in [2.75, 3.05) is 0 Å². The summed E-state index contributed by atoms with van der Waals surface area (Å²) in [7, 11) is 0. The first kappa shape index (κ1) is 596. The van der Waals surface area contributed by atoms with Crippen LogP contribution in [0.4, 0.5) is 0 Å². The molecule has 7 nitrogen and oxygen atoms in total. The Morgan fingerprint density at radius 1 is 0.375 bits per heavy atom. The van der Waals surface area contributed by atoms with Crippen LogP contribution in [-0.2, 0) is 0 Å². The predicted molar refractivity (Wildman–Crippen MR) is 33.3 cm³/mol. The van der Waals surface area contributed by atoms with Gasteiger partial charge in [0.2, 0.25) is 0 Å². The molecule has 0 unspecified atom stereocenters. The van der Waals surface area contributed by atoms with Crippen LogP contribution in [-0.4, -0.2) is 76.1 Å². The third kappa shape index (κ3) is 260. The van der Waals surface area contributed by atoms with Gasteiger partial charge in [-0.15, -0.1) is 0 Å². The zero-order valence-electron chi connectivity index (χ0n) is 6.21. The molecule has 0 saturated carbocycles. The summed E-state index contributed by atoms with van der Waals surface area (Å²) in [5, 5.41) is 0. The molecule has 0 rings (SSSR count). The average molecular weight is 168 g/mol. The SMILES string of the molecule is O.O.O.O.O.O.O.[Ca+2].[H-].[H-]. The molecule has 0 saturated heterocycles. The van der Waals surface area contributed by atoms with Gasteiger partial charge in [-0.3, -0.25) is 0 Å². The summed E-state index contributed by atoms with van der Waals surface area (Å²) >= 11 is 0. The molecule has 0 bridgehead atoms. The summed E-state index contributed by atoms with van der Waals surface area (Å²) in [6.07, 6.45) is 0. The number of rotatable bonds is 0. The van der Waals surface area contributed by atoms with E-state index in [-0.39, 0.29) is 78.9 Å². The van der Waals surface area contributed by atoms with E-state index >= 15 is 0 Å². The fraction of sp³-hybridized carbons (Fsp3) is 0. The van der Waals surface area contributed by atoms with E-state index < -0.39 is 0 Å². The molecule has 0 aliphatic carbocycles. The zero-order valence-corrected chi connectivity index (χ0v) is 6.42. The summed E-state index contributed by atoms with van der Waals surface area (Å²) in [6.45, 7) is 0. The Morgan fingerprint density at radius 2 is 0.375 bits per heavy atom. The third-order valence-corrected chi connectivity index (χ3v) is 0. The second-order valence-corrected chi connectivity index (χ2v) is 0. The molecule has 0 atom stereocenters. The fourth-order valence-electron chi connectivity index (χ4n) is 0. The molecule has 0 heterocycles. The molecular weight excluding hydrogens is 152 g/mol. The van der Waals surface area contributed by atoms with Gasteiger partial charge in [0.15, 0.2) is 0 Å². The zero-order chi connectivity index (χ0) is 0. The van der Waals surface area contributed by atoms with E-state index in [1.807, 2.05) is 0 Å². The molecule has 0 radical (unpaired) electrons. The number of hydrogen-bond acceptors (Lipinski definition) is 0. The summed E-state index contributed by atoms with van der Waals surface area (Å²) in [5.41, 5.74) is 0. The Hall–Kier alpha value is 0.980. The van der Waals surface area contributed by atoms with E-state index in [1.165, 1.54) is 0 Å². The predicted octanol–water partition coefficient (Wildman–Crippen LogP) is -5.93. The fourth-order valence-corrected chi connectivity index (χ4v) is 0. The minimum atomic E-state index is 0. The topological polar surface area (TPSA) is 220 Å². The van der Waals surface area contributed by atoms with Crippen molar-refractivity contribution in [3.05, 3.63) is 0 Å². The normalized spacial score (nSPS) is 0. The Kier molecular flexibility index (Phi) is 30200. The van der Waals surface area contributed by atoms with Crippen LogP contribution in [0.1, 0.15) is 2.85 Å². The maximum absolute atomic E-state index is 0. The molecule has 14 N–H and O–H groups in total. The van der Waals surface area contributed by atoms with Crippen LogP contribution >= 0.6 is 0 Å². The molecule has 8 heavy (non-hydrogen) atoms. The molecule has 0 amide bonds. The average Bonchev–Trinajstić information content (AvgIpc) is 0. The van der Waals surface area contributed by atoms with Gasteiger partial charge < -0.3 is 41.2 Å². The van der Waals surface area contributed by atoms with Crippen LogP contribution < -0.4 is 0 Å². The van der Waals surface area contributed by atoms with E-state index in [1.54, 1.807) is 0 Å². The summed E-state index contributed by atoms with van der Waals surface area (Å²) in [5.74, 6) is 0. The van der Waals surface area contributed by atoms with Crippen molar-refractivity contribution in [3.8, 4) is 0 Å². The Bertz CT molecular complexity index is 11.6. The van der Waals surface area contributed by atoms with Gasteiger partial charge in [0.1, 0.15) is 0 Å². The maximum Gasteiger partial charge on any atom is 2.00 e. The van der Waals surface area contributed by atoms with Gasteiger partial charge >= 0.3 is 37.7 Å². The Labute approximate surface area is 78.8 Å². The molecule has 8 heteroatoms. The van der Waals surface area contributed by atoms with Crippen molar-refractivity contribution in [3.63, 3.8) is 0 Å². The van der Waals surface area contributed by atoms with Crippen molar-refractivity contribution in [1.29, 1.82) is 0 Å². The molecular formula is H16CaO7. The molecule has 0 aliphatic rings. The minimum Gasteiger partial charge on any atom is -1.00 e. The standard InChI is InChI=1S/Ca.7H2O.2H/h;7*1H2;;/q+2;;;;;;;;2*-1. The molecule has 0 fully saturated rings. The Morgan fingerprint density at radius 3 is 0.375 bits per heavy atom. The number of hydrogen-bond donors (Lipinski definition) is 0. The third-order valence-electron chi connectivity index (χ3n) is 0. The first-order chi connectivity index (χ1) is 0. The van der Waals surface area contributed by atoms with Crippen LogP contribution in [0.15, 0.2) is 0 Å². The molecule has 0 spiro atoms. The largest absolute Gasteiger partial charge is 2.00 e. The van der Waals surface area contributed by atoms with E-state index in [0.717, 1.165) is 0 Å². The van der Waals surface area contributed by atoms with Crippen molar-refractivity contribution in [1.82, 2.24) is 0 Å². The Balaban J connectivity index is 0. The van der Waals surface area contributed by atoms with E-state index in [2.05, 4.69) is 0 Å². The monoisotopic (exact) mass is 168 g/mol. The van der Waals surface area contributed by atoms with Crippen LogP contribution in [0.2, 0.25) is 0 Å². The van der Waals surface area contributed by atoms with Gasteiger partial charge in [-0.2, -0.15) is 0 Å². The van der Waals surface area contributed by atoms with Crippen molar-refractivity contribution in [2.45, 2.75) is 0 Å². The van der Waals surface area contributed by atoms with Gasteiger partial charge in [0.05, 0.1) is 0 Å². The van der Waals surface area contributed by atoms with Gasteiger partial charge in [0, 0.05) is 0 Å². The summed E-state index contributed by atoms with van der Waals surface area (Å²) in [4.78, 5) is 0. The van der Waals surface area contributed by atoms with Crippen LogP contribution in [0.25, 0.3) is 0 Å². The summed E-state index contributed by atoms with van der Waals surface area (Å²) < 4.78 is 0. The quantitative estimate of drug-likeness (QED) is 0.308. The van der Waals surface area contributed by atoms with E-state index in [9.17, 15) is 0 Å². The first-order valence-corrected chi connectivity index (χ1v) is 0. The van der Waals surface area contributed by atoms with E-state index in [0.29, 0.717) is 0 Å². The van der Waals surface area contributed by atoms with Crippen molar-refractivity contribution >= 4 is 37.7 Å². The smallest absolute Gasteiger partial charge is 1.00 e.